The Bertz CT molecular complexity index is 970. The van der Waals surface area contributed by atoms with E-state index in [0.717, 1.165) is 8.95 Å². The van der Waals surface area contributed by atoms with Gasteiger partial charge in [0.25, 0.3) is 0 Å². The van der Waals surface area contributed by atoms with Crippen molar-refractivity contribution in [1.82, 2.24) is 0 Å². The summed E-state index contributed by atoms with van der Waals surface area (Å²) in [6, 6.07) is 13.3. The summed E-state index contributed by atoms with van der Waals surface area (Å²) in [5, 5.41) is -1.07. The first-order valence-electron chi connectivity index (χ1n) is 8.59. The fourth-order valence-electron chi connectivity index (χ4n) is 2.77. The van der Waals surface area contributed by atoms with E-state index in [0.29, 0.717) is 16.7 Å². The van der Waals surface area contributed by atoms with Gasteiger partial charge in [-0.2, -0.15) is 0 Å². The highest BCUT2D eigenvalue weighted by Gasteiger charge is 2.41. The zero-order valence-corrected chi connectivity index (χ0v) is 19.0. The van der Waals surface area contributed by atoms with Crippen molar-refractivity contribution in [3.63, 3.8) is 0 Å². The lowest BCUT2D eigenvalue weighted by Crippen LogP contribution is -2.33. The molecule has 1 aliphatic rings. The minimum absolute atomic E-state index is 0.315. The number of allylic oxidation sites excluding steroid dienone is 1. The van der Waals surface area contributed by atoms with Crippen LogP contribution in [0.1, 0.15) is 27.6 Å². The van der Waals surface area contributed by atoms with Crippen molar-refractivity contribution in [3.8, 4) is 0 Å². The highest BCUT2D eigenvalue weighted by atomic mass is 79.9. The number of esters is 2. The summed E-state index contributed by atoms with van der Waals surface area (Å²) in [6.45, 7) is 1.60. The molecule has 3 atom stereocenters. The van der Waals surface area contributed by atoms with Crippen molar-refractivity contribution >= 4 is 61.2 Å². The van der Waals surface area contributed by atoms with Crippen LogP contribution < -0.4 is 0 Å². The molecule has 1 aliphatic carbocycles. The molecule has 0 saturated heterocycles. The molecule has 0 N–H and O–H groups in total. The quantitative estimate of drug-likeness (QED) is 0.389. The first-order chi connectivity index (χ1) is 13.8. The van der Waals surface area contributed by atoms with Crippen LogP contribution in [0.4, 0.5) is 0 Å². The Morgan fingerprint density at radius 1 is 0.931 bits per heavy atom. The molecule has 0 bridgehead atoms. The molecular weight excluding hydrogens is 527 g/mol. The largest absolute Gasteiger partial charge is 0.454 e. The van der Waals surface area contributed by atoms with Gasteiger partial charge >= 0.3 is 11.9 Å². The predicted octanol–water partition coefficient (Wildman–Crippen LogP) is 5.10. The maximum Gasteiger partial charge on any atom is 0.338 e. The van der Waals surface area contributed by atoms with E-state index in [-0.39, 0.29) is 0 Å². The van der Waals surface area contributed by atoms with Crippen molar-refractivity contribution in [2.24, 2.45) is 0 Å². The van der Waals surface area contributed by atoms with E-state index < -0.39 is 35.3 Å². The SMILES string of the molecule is C[C@@H](OC(=O)c1ccc(Br)cc1)C1=CC(=O)[C@H](Cl)[C@@H]1OC(=O)c1ccc(Br)cc1. The summed E-state index contributed by atoms with van der Waals surface area (Å²) < 4.78 is 12.6. The zero-order valence-electron chi connectivity index (χ0n) is 15.1. The summed E-state index contributed by atoms with van der Waals surface area (Å²) in [6.07, 6.45) is -0.550. The van der Waals surface area contributed by atoms with Crippen LogP contribution in [0.15, 0.2) is 69.1 Å². The van der Waals surface area contributed by atoms with Gasteiger partial charge in [-0.05, 0) is 61.5 Å². The van der Waals surface area contributed by atoms with Crippen LogP contribution in [0.5, 0.6) is 0 Å². The van der Waals surface area contributed by atoms with Crippen molar-refractivity contribution in [2.75, 3.05) is 0 Å². The Hall–Kier alpha value is -1.96. The predicted molar refractivity (Wildman–Crippen MR) is 115 cm³/mol. The molecule has 0 amide bonds. The molecule has 0 aliphatic heterocycles. The Kier molecular flexibility index (Phi) is 6.93. The van der Waals surface area contributed by atoms with E-state index in [1.54, 1.807) is 55.5 Å². The van der Waals surface area contributed by atoms with Crippen LogP contribution in [0, 0.1) is 0 Å². The number of ketones is 1. The highest BCUT2D eigenvalue weighted by molar-refractivity contribution is 9.10. The molecule has 0 fully saturated rings. The normalized spacial score (nSPS) is 19.4. The third-order valence-electron chi connectivity index (χ3n) is 4.32. The Morgan fingerprint density at radius 3 is 1.93 bits per heavy atom. The topological polar surface area (TPSA) is 69.7 Å². The zero-order chi connectivity index (χ0) is 21.1. The van der Waals surface area contributed by atoms with Gasteiger partial charge in [0.15, 0.2) is 11.9 Å². The number of hydrogen-bond donors (Lipinski definition) is 0. The van der Waals surface area contributed by atoms with Gasteiger partial charge in [0.1, 0.15) is 11.5 Å². The molecule has 2 aromatic rings. The molecule has 0 spiro atoms. The monoisotopic (exact) mass is 540 g/mol. The van der Waals surface area contributed by atoms with E-state index in [1.165, 1.54) is 6.08 Å². The molecule has 150 valence electrons. The highest BCUT2D eigenvalue weighted by Crippen LogP contribution is 2.30. The van der Waals surface area contributed by atoms with Crippen LogP contribution in [0.3, 0.4) is 0 Å². The molecule has 0 unspecified atom stereocenters. The number of hydrogen-bond acceptors (Lipinski definition) is 5. The number of alkyl halides is 1. The third kappa shape index (κ3) is 5.15. The molecule has 5 nitrogen and oxygen atoms in total. The molecule has 29 heavy (non-hydrogen) atoms. The fourth-order valence-corrected chi connectivity index (χ4v) is 3.56. The van der Waals surface area contributed by atoms with Gasteiger partial charge in [0, 0.05) is 14.5 Å². The molecule has 0 radical (unpaired) electrons. The van der Waals surface area contributed by atoms with Crippen LogP contribution in [0.2, 0.25) is 0 Å². The van der Waals surface area contributed by atoms with E-state index in [4.69, 9.17) is 21.1 Å². The van der Waals surface area contributed by atoms with Crippen LogP contribution in [-0.4, -0.2) is 35.3 Å². The van der Waals surface area contributed by atoms with Gasteiger partial charge in [0.05, 0.1) is 11.1 Å². The fraction of sp³-hybridized carbons (Fsp3) is 0.190. The first kappa shape index (κ1) is 21.7. The van der Waals surface area contributed by atoms with E-state index in [9.17, 15) is 14.4 Å². The van der Waals surface area contributed by atoms with E-state index >= 15 is 0 Å². The van der Waals surface area contributed by atoms with Crippen LogP contribution >= 0.6 is 43.5 Å². The van der Waals surface area contributed by atoms with Crippen molar-refractivity contribution < 1.29 is 23.9 Å². The number of ether oxygens (including phenoxy) is 2. The lowest BCUT2D eigenvalue weighted by atomic mass is 10.1. The number of halogens is 3. The Balaban J connectivity index is 1.73. The van der Waals surface area contributed by atoms with Crippen LogP contribution in [-0.2, 0) is 14.3 Å². The number of benzene rings is 2. The maximum atomic E-state index is 12.5. The summed E-state index contributed by atoms with van der Waals surface area (Å²) in [7, 11) is 0. The molecular formula is C21H15Br2ClO5. The second-order valence-corrected chi connectivity index (χ2v) is 8.64. The van der Waals surface area contributed by atoms with E-state index in [1.807, 2.05) is 0 Å². The molecule has 3 rings (SSSR count). The summed E-state index contributed by atoms with van der Waals surface area (Å²) in [4.78, 5) is 36.9. The van der Waals surface area contributed by atoms with E-state index in [2.05, 4.69) is 31.9 Å². The minimum atomic E-state index is -1.07. The van der Waals surface area contributed by atoms with Gasteiger partial charge in [-0.1, -0.05) is 31.9 Å². The average Bonchev–Trinajstić information content (AvgIpc) is 2.97. The van der Waals surface area contributed by atoms with Crippen molar-refractivity contribution in [2.45, 2.75) is 24.5 Å². The van der Waals surface area contributed by atoms with Gasteiger partial charge in [-0.15, -0.1) is 11.6 Å². The van der Waals surface area contributed by atoms with Crippen LogP contribution in [0.25, 0.3) is 0 Å². The summed E-state index contributed by atoms with van der Waals surface area (Å²) in [5.74, 6) is -1.59. The third-order valence-corrected chi connectivity index (χ3v) is 5.82. The molecule has 8 heteroatoms. The van der Waals surface area contributed by atoms with Gasteiger partial charge in [-0.25, -0.2) is 9.59 Å². The average molecular weight is 543 g/mol. The Morgan fingerprint density at radius 2 is 1.41 bits per heavy atom. The lowest BCUT2D eigenvalue weighted by Gasteiger charge is -2.23. The minimum Gasteiger partial charge on any atom is -0.454 e. The summed E-state index contributed by atoms with van der Waals surface area (Å²) >= 11 is 12.8. The lowest BCUT2D eigenvalue weighted by molar-refractivity contribution is -0.114. The second-order valence-electron chi connectivity index (χ2n) is 6.34. The van der Waals surface area contributed by atoms with Crippen molar-refractivity contribution in [3.05, 3.63) is 80.3 Å². The van der Waals surface area contributed by atoms with Gasteiger partial charge in [-0.3, -0.25) is 4.79 Å². The first-order valence-corrected chi connectivity index (χ1v) is 10.6. The van der Waals surface area contributed by atoms with Gasteiger partial charge < -0.3 is 9.47 Å². The molecule has 0 aromatic heterocycles. The maximum absolute atomic E-state index is 12.5. The second kappa shape index (κ2) is 9.24. The molecule has 0 heterocycles. The standard InChI is InChI=1S/C21H15Br2ClO5/c1-11(28-20(26)12-2-6-14(22)7-3-12)16-10-17(25)18(24)19(16)29-21(27)13-4-8-15(23)9-5-13/h2-11,18-19H,1H3/t11-,18+,19-/m1/s1. The number of carbonyl (C=O) groups excluding carboxylic acids is 3. The van der Waals surface area contributed by atoms with Crippen molar-refractivity contribution in [1.29, 1.82) is 0 Å². The summed E-state index contributed by atoms with van der Waals surface area (Å²) in [5.41, 5.74) is 1.01. The molecule has 0 saturated carbocycles. The molecule has 2 aromatic carbocycles. The smallest absolute Gasteiger partial charge is 0.338 e. The number of carbonyl (C=O) groups is 3. The van der Waals surface area contributed by atoms with Gasteiger partial charge in [0.2, 0.25) is 0 Å². The number of rotatable bonds is 5. The Labute approximate surface area is 189 Å².